The molecule has 9 heteroatoms. The zero-order chi connectivity index (χ0) is 15.5. The third-order valence-electron chi connectivity index (χ3n) is 3.45. The number of piperidine rings is 1. The summed E-state index contributed by atoms with van der Waals surface area (Å²) >= 11 is 0. The van der Waals surface area contributed by atoms with Crippen LogP contribution in [0.15, 0.2) is 6.20 Å². The van der Waals surface area contributed by atoms with Gasteiger partial charge in [-0.05, 0) is 32.9 Å². The predicted molar refractivity (Wildman–Crippen MR) is 68.8 cm³/mol. The third-order valence-corrected chi connectivity index (χ3v) is 3.45. The molecule has 2 rings (SSSR count). The van der Waals surface area contributed by atoms with Crippen molar-refractivity contribution in [3.8, 4) is 0 Å². The first-order valence-corrected chi connectivity index (χ1v) is 6.89. The third kappa shape index (κ3) is 4.16. The summed E-state index contributed by atoms with van der Waals surface area (Å²) in [7, 11) is 0. The molecule has 21 heavy (non-hydrogen) atoms. The second kappa shape index (κ2) is 6.42. The standard InChI is InChI=1S/C12H18F3N5O/c1-2-19(8-12(13,14)15)11(21)10-7-20(18-17-10)9-3-5-16-6-4-9/h7,9,16H,2-6,8H2,1H3. The van der Waals surface area contributed by atoms with E-state index in [0.29, 0.717) is 0 Å². The lowest BCUT2D eigenvalue weighted by Crippen LogP contribution is -2.39. The maximum absolute atomic E-state index is 12.4. The minimum Gasteiger partial charge on any atom is -0.328 e. The van der Waals surface area contributed by atoms with Crippen molar-refractivity contribution in [1.82, 2.24) is 25.2 Å². The van der Waals surface area contributed by atoms with E-state index in [1.807, 2.05) is 0 Å². The molecule has 0 aromatic carbocycles. The number of hydrogen-bond acceptors (Lipinski definition) is 4. The van der Waals surface area contributed by atoms with Crippen LogP contribution < -0.4 is 5.32 Å². The summed E-state index contributed by atoms with van der Waals surface area (Å²) in [5.41, 5.74) is -0.0420. The molecule has 1 fully saturated rings. The zero-order valence-corrected chi connectivity index (χ0v) is 11.7. The molecule has 118 valence electrons. The lowest BCUT2D eigenvalue weighted by Gasteiger charge is -2.22. The van der Waals surface area contributed by atoms with Crippen LogP contribution in [-0.2, 0) is 0 Å². The molecule has 1 aliphatic rings. The first-order chi connectivity index (χ1) is 9.90. The average molecular weight is 305 g/mol. The number of hydrogen-bond donors (Lipinski definition) is 1. The highest BCUT2D eigenvalue weighted by Crippen LogP contribution is 2.19. The number of rotatable bonds is 4. The van der Waals surface area contributed by atoms with Gasteiger partial charge in [0.15, 0.2) is 5.69 Å². The van der Waals surface area contributed by atoms with E-state index in [-0.39, 0.29) is 18.3 Å². The lowest BCUT2D eigenvalue weighted by molar-refractivity contribution is -0.140. The monoisotopic (exact) mass is 305 g/mol. The molecular formula is C12H18F3N5O. The van der Waals surface area contributed by atoms with E-state index in [1.165, 1.54) is 13.1 Å². The van der Waals surface area contributed by atoms with Gasteiger partial charge in [-0.1, -0.05) is 5.21 Å². The van der Waals surface area contributed by atoms with Crippen molar-refractivity contribution in [3.63, 3.8) is 0 Å². The highest BCUT2D eigenvalue weighted by Gasteiger charge is 2.33. The Morgan fingerprint density at radius 3 is 2.71 bits per heavy atom. The Morgan fingerprint density at radius 1 is 1.48 bits per heavy atom. The van der Waals surface area contributed by atoms with Crippen LogP contribution in [0.3, 0.4) is 0 Å². The van der Waals surface area contributed by atoms with Crippen molar-refractivity contribution in [2.45, 2.75) is 32.0 Å². The molecule has 1 amide bonds. The van der Waals surface area contributed by atoms with Crippen LogP contribution in [0, 0.1) is 0 Å². The zero-order valence-electron chi connectivity index (χ0n) is 11.7. The quantitative estimate of drug-likeness (QED) is 0.909. The number of alkyl halides is 3. The minimum atomic E-state index is -4.42. The van der Waals surface area contributed by atoms with E-state index in [0.717, 1.165) is 30.8 Å². The number of carbonyl (C=O) groups is 1. The number of aromatic nitrogens is 3. The molecule has 6 nitrogen and oxygen atoms in total. The van der Waals surface area contributed by atoms with E-state index in [2.05, 4.69) is 15.6 Å². The molecular weight excluding hydrogens is 287 g/mol. The first kappa shape index (κ1) is 15.7. The van der Waals surface area contributed by atoms with Crippen molar-refractivity contribution in [3.05, 3.63) is 11.9 Å². The van der Waals surface area contributed by atoms with Crippen LogP contribution in [0.1, 0.15) is 36.3 Å². The molecule has 0 bridgehead atoms. The lowest BCUT2D eigenvalue weighted by atomic mass is 10.1. The Kier molecular flexibility index (Phi) is 4.81. The van der Waals surface area contributed by atoms with Gasteiger partial charge in [0.1, 0.15) is 6.54 Å². The minimum absolute atomic E-state index is 0.0292. The molecule has 1 aromatic heterocycles. The van der Waals surface area contributed by atoms with Crippen LogP contribution in [0.25, 0.3) is 0 Å². The molecule has 1 aromatic rings. The normalized spacial score (nSPS) is 17.0. The smallest absolute Gasteiger partial charge is 0.328 e. The van der Waals surface area contributed by atoms with E-state index < -0.39 is 18.6 Å². The van der Waals surface area contributed by atoms with E-state index in [4.69, 9.17) is 0 Å². The number of nitrogens with one attached hydrogen (secondary N) is 1. The van der Waals surface area contributed by atoms with Gasteiger partial charge < -0.3 is 10.2 Å². The summed E-state index contributed by atoms with van der Waals surface area (Å²) in [5.74, 6) is -0.741. The topological polar surface area (TPSA) is 63.1 Å². The Labute approximate surface area is 120 Å². The highest BCUT2D eigenvalue weighted by molar-refractivity contribution is 5.91. The second-order valence-electron chi connectivity index (χ2n) is 5.00. The first-order valence-electron chi connectivity index (χ1n) is 6.89. The van der Waals surface area contributed by atoms with Crippen molar-refractivity contribution >= 4 is 5.91 Å². The molecule has 0 spiro atoms. The Balaban J connectivity index is 2.06. The number of nitrogens with zero attached hydrogens (tertiary/aromatic N) is 4. The molecule has 0 atom stereocenters. The SMILES string of the molecule is CCN(CC(F)(F)F)C(=O)c1cn(C2CCNCC2)nn1. The van der Waals surface area contributed by atoms with Crippen molar-refractivity contribution in [1.29, 1.82) is 0 Å². The Hall–Kier alpha value is -1.64. The Bertz CT molecular complexity index is 481. The average Bonchev–Trinajstić information content (AvgIpc) is 2.94. The van der Waals surface area contributed by atoms with Gasteiger partial charge in [0.25, 0.3) is 5.91 Å². The van der Waals surface area contributed by atoms with E-state index >= 15 is 0 Å². The van der Waals surface area contributed by atoms with Gasteiger partial charge >= 0.3 is 6.18 Å². The largest absolute Gasteiger partial charge is 0.406 e. The van der Waals surface area contributed by atoms with Gasteiger partial charge in [0.2, 0.25) is 0 Å². The summed E-state index contributed by atoms with van der Waals surface area (Å²) in [5, 5.41) is 10.8. The fourth-order valence-electron chi connectivity index (χ4n) is 2.33. The fourth-order valence-corrected chi connectivity index (χ4v) is 2.33. The highest BCUT2D eigenvalue weighted by atomic mass is 19.4. The molecule has 0 saturated carbocycles. The maximum atomic E-state index is 12.4. The molecule has 1 aliphatic heterocycles. The van der Waals surface area contributed by atoms with Gasteiger partial charge in [-0.3, -0.25) is 4.79 Å². The van der Waals surface area contributed by atoms with Crippen molar-refractivity contribution < 1.29 is 18.0 Å². The number of amides is 1. The molecule has 0 radical (unpaired) electrons. The fraction of sp³-hybridized carbons (Fsp3) is 0.750. The van der Waals surface area contributed by atoms with Crippen LogP contribution >= 0.6 is 0 Å². The van der Waals surface area contributed by atoms with Gasteiger partial charge in [-0.25, -0.2) is 4.68 Å². The van der Waals surface area contributed by atoms with E-state index in [9.17, 15) is 18.0 Å². The molecule has 0 unspecified atom stereocenters. The molecule has 1 saturated heterocycles. The summed E-state index contributed by atoms with van der Waals surface area (Å²) in [6, 6.07) is 0.137. The van der Waals surface area contributed by atoms with Gasteiger partial charge in [-0.15, -0.1) is 5.10 Å². The number of halogens is 3. The summed E-state index contributed by atoms with van der Waals surface area (Å²) < 4.78 is 38.8. The van der Waals surface area contributed by atoms with Gasteiger partial charge in [0.05, 0.1) is 12.2 Å². The predicted octanol–water partition coefficient (Wildman–Crippen LogP) is 1.23. The van der Waals surface area contributed by atoms with Crippen molar-refractivity contribution in [2.24, 2.45) is 0 Å². The second-order valence-corrected chi connectivity index (χ2v) is 5.00. The van der Waals surface area contributed by atoms with E-state index in [1.54, 1.807) is 4.68 Å². The van der Waals surface area contributed by atoms with Crippen LogP contribution in [0.5, 0.6) is 0 Å². The molecule has 0 aliphatic carbocycles. The van der Waals surface area contributed by atoms with Gasteiger partial charge in [-0.2, -0.15) is 13.2 Å². The van der Waals surface area contributed by atoms with Crippen molar-refractivity contribution in [2.75, 3.05) is 26.2 Å². The van der Waals surface area contributed by atoms with Gasteiger partial charge in [0, 0.05) is 6.54 Å². The maximum Gasteiger partial charge on any atom is 0.406 e. The van der Waals surface area contributed by atoms with Crippen LogP contribution in [-0.4, -0.2) is 58.2 Å². The van der Waals surface area contributed by atoms with Crippen LogP contribution in [0.4, 0.5) is 13.2 Å². The summed E-state index contributed by atoms with van der Waals surface area (Å²) in [6.07, 6.45) is -1.26. The summed E-state index contributed by atoms with van der Waals surface area (Å²) in [6.45, 7) is 1.90. The Morgan fingerprint density at radius 2 is 2.14 bits per heavy atom. The summed E-state index contributed by atoms with van der Waals surface area (Å²) in [4.78, 5) is 12.8. The molecule has 2 heterocycles. The van der Waals surface area contributed by atoms with Crippen LogP contribution in [0.2, 0.25) is 0 Å². The number of carbonyl (C=O) groups excluding carboxylic acids is 1. The molecule has 1 N–H and O–H groups in total.